The van der Waals surface area contributed by atoms with Gasteiger partial charge < -0.3 is 24.4 Å². The summed E-state index contributed by atoms with van der Waals surface area (Å²) in [5.41, 5.74) is 0.821. The minimum absolute atomic E-state index is 0.0943. The van der Waals surface area contributed by atoms with Crippen LogP contribution in [0.25, 0.3) is 6.08 Å². The molecule has 24 heavy (non-hydrogen) atoms. The fraction of sp³-hybridized carbons (Fsp3) is 0.412. The largest absolute Gasteiger partial charge is 0.454 e. The van der Waals surface area contributed by atoms with Crippen molar-refractivity contribution in [1.29, 1.82) is 0 Å². The van der Waals surface area contributed by atoms with Gasteiger partial charge in [0, 0.05) is 19.2 Å². The van der Waals surface area contributed by atoms with Crippen molar-refractivity contribution in [3.05, 3.63) is 29.8 Å². The Hall–Kier alpha value is -2.54. The number of nitrogens with one attached hydrogen (secondary N) is 1. The van der Waals surface area contributed by atoms with Gasteiger partial charge in [-0.2, -0.15) is 0 Å². The Kier molecular flexibility index (Phi) is 5.00. The van der Waals surface area contributed by atoms with Gasteiger partial charge in [-0.15, -0.1) is 0 Å². The Bertz CT molecular complexity index is 652. The second kappa shape index (κ2) is 7.35. The van der Waals surface area contributed by atoms with E-state index in [-0.39, 0.29) is 18.6 Å². The molecule has 2 heterocycles. The van der Waals surface area contributed by atoms with Crippen molar-refractivity contribution in [3.63, 3.8) is 0 Å². The molecule has 1 N–H and O–H groups in total. The average molecular weight is 332 g/mol. The lowest BCUT2D eigenvalue weighted by Crippen LogP contribution is -2.50. The molecule has 0 aliphatic carbocycles. The monoisotopic (exact) mass is 332 g/mol. The van der Waals surface area contributed by atoms with E-state index in [1.54, 1.807) is 30.0 Å². The Morgan fingerprint density at radius 2 is 1.96 bits per heavy atom. The molecular formula is C17H20N2O5. The van der Waals surface area contributed by atoms with Gasteiger partial charge in [0.15, 0.2) is 11.5 Å². The summed E-state index contributed by atoms with van der Waals surface area (Å²) in [7, 11) is 0. The molecule has 1 atom stereocenters. The van der Waals surface area contributed by atoms with E-state index in [1.165, 1.54) is 6.08 Å². The molecule has 2 aliphatic heterocycles. The molecule has 0 radical (unpaired) electrons. The molecule has 1 fully saturated rings. The number of hydrogen-bond acceptors (Lipinski definition) is 5. The number of nitrogens with zero attached hydrogens (tertiary/aromatic N) is 1. The molecule has 0 spiro atoms. The standard InChI is InChI=1S/C17H20N2O5/c1-12(17(21)19-6-8-22-9-7-19)18-16(20)5-3-13-2-4-14-15(10-13)24-11-23-14/h2-5,10,12H,6-9,11H2,1H3,(H,18,20)/b5-3+/t12-/m0/s1. The fourth-order valence-electron chi connectivity index (χ4n) is 2.57. The number of rotatable bonds is 4. The Morgan fingerprint density at radius 1 is 1.21 bits per heavy atom. The molecule has 1 saturated heterocycles. The van der Waals surface area contributed by atoms with Crippen molar-refractivity contribution in [2.75, 3.05) is 33.1 Å². The summed E-state index contributed by atoms with van der Waals surface area (Å²) < 4.78 is 15.7. The first-order valence-corrected chi connectivity index (χ1v) is 7.88. The molecule has 2 amide bonds. The summed E-state index contributed by atoms with van der Waals surface area (Å²) in [5, 5.41) is 2.69. The third kappa shape index (κ3) is 3.86. The molecule has 7 heteroatoms. The number of morpholine rings is 1. The zero-order chi connectivity index (χ0) is 16.9. The molecule has 0 saturated carbocycles. The van der Waals surface area contributed by atoms with Gasteiger partial charge in [0.05, 0.1) is 13.2 Å². The third-order valence-corrected chi connectivity index (χ3v) is 3.88. The van der Waals surface area contributed by atoms with E-state index < -0.39 is 6.04 Å². The van der Waals surface area contributed by atoms with Gasteiger partial charge >= 0.3 is 0 Å². The summed E-state index contributed by atoms with van der Waals surface area (Å²) in [6, 6.07) is 4.86. The van der Waals surface area contributed by atoms with Crippen LogP contribution in [0.1, 0.15) is 12.5 Å². The first-order valence-electron chi connectivity index (χ1n) is 7.88. The topological polar surface area (TPSA) is 77.1 Å². The maximum atomic E-state index is 12.2. The van der Waals surface area contributed by atoms with Gasteiger partial charge in [-0.3, -0.25) is 9.59 Å². The van der Waals surface area contributed by atoms with Crippen molar-refractivity contribution in [3.8, 4) is 11.5 Å². The lowest BCUT2D eigenvalue weighted by atomic mass is 10.2. The van der Waals surface area contributed by atoms with Crippen LogP contribution in [-0.2, 0) is 14.3 Å². The molecule has 7 nitrogen and oxygen atoms in total. The van der Waals surface area contributed by atoms with Crippen molar-refractivity contribution >= 4 is 17.9 Å². The quantitative estimate of drug-likeness (QED) is 0.825. The van der Waals surface area contributed by atoms with Crippen molar-refractivity contribution in [2.45, 2.75) is 13.0 Å². The van der Waals surface area contributed by atoms with E-state index in [4.69, 9.17) is 14.2 Å². The maximum absolute atomic E-state index is 12.2. The third-order valence-electron chi connectivity index (χ3n) is 3.88. The molecule has 1 aromatic rings. The van der Waals surface area contributed by atoms with Crippen molar-refractivity contribution in [2.24, 2.45) is 0 Å². The molecule has 3 rings (SSSR count). The van der Waals surface area contributed by atoms with Gasteiger partial charge in [-0.1, -0.05) is 6.07 Å². The van der Waals surface area contributed by atoms with E-state index in [1.807, 2.05) is 6.07 Å². The van der Waals surface area contributed by atoms with Crippen LogP contribution in [0.2, 0.25) is 0 Å². The summed E-state index contributed by atoms with van der Waals surface area (Å²) >= 11 is 0. The molecule has 0 bridgehead atoms. The number of ether oxygens (including phenoxy) is 3. The van der Waals surface area contributed by atoms with Crippen molar-refractivity contribution in [1.82, 2.24) is 10.2 Å². The Labute approximate surface area is 140 Å². The van der Waals surface area contributed by atoms with E-state index >= 15 is 0 Å². The second-order valence-electron chi connectivity index (χ2n) is 5.61. The molecule has 2 aliphatic rings. The smallest absolute Gasteiger partial charge is 0.245 e. The van der Waals surface area contributed by atoms with E-state index in [0.29, 0.717) is 37.8 Å². The van der Waals surface area contributed by atoms with Crippen LogP contribution < -0.4 is 14.8 Å². The molecular weight excluding hydrogens is 312 g/mol. The minimum atomic E-state index is -0.572. The lowest BCUT2D eigenvalue weighted by molar-refractivity contribution is -0.138. The lowest BCUT2D eigenvalue weighted by Gasteiger charge is -2.29. The van der Waals surface area contributed by atoms with Gasteiger partial charge in [-0.05, 0) is 30.7 Å². The average Bonchev–Trinajstić information content (AvgIpc) is 3.07. The highest BCUT2D eigenvalue weighted by Crippen LogP contribution is 2.32. The summed E-state index contributed by atoms with van der Waals surface area (Å²) in [6.07, 6.45) is 3.07. The van der Waals surface area contributed by atoms with Crippen LogP contribution >= 0.6 is 0 Å². The van der Waals surface area contributed by atoms with Crippen LogP contribution in [0.3, 0.4) is 0 Å². The van der Waals surface area contributed by atoms with E-state index in [2.05, 4.69) is 5.32 Å². The van der Waals surface area contributed by atoms with E-state index in [0.717, 1.165) is 5.56 Å². The summed E-state index contributed by atoms with van der Waals surface area (Å²) in [4.78, 5) is 25.9. The van der Waals surface area contributed by atoms with Crippen LogP contribution in [-0.4, -0.2) is 55.9 Å². The SMILES string of the molecule is C[C@H](NC(=O)/C=C/c1ccc2c(c1)OCO2)C(=O)N1CCOCC1. The van der Waals surface area contributed by atoms with Gasteiger partial charge in [0.2, 0.25) is 18.6 Å². The molecule has 0 aromatic heterocycles. The number of amides is 2. The first kappa shape index (κ1) is 16.3. The predicted octanol–water partition coefficient (Wildman–Crippen LogP) is 0.792. The minimum Gasteiger partial charge on any atom is -0.454 e. The highest BCUT2D eigenvalue weighted by Gasteiger charge is 2.23. The highest BCUT2D eigenvalue weighted by molar-refractivity contribution is 5.95. The zero-order valence-corrected chi connectivity index (χ0v) is 13.5. The second-order valence-corrected chi connectivity index (χ2v) is 5.61. The number of carbonyl (C=O) groups excluding carboxylic acids is 2. The Morgan fingerprint density at radius 3 is 2.75 bits per heavy atom. The number of hydrogen-bond donors (Lipinski definition) is 1. The Balaban J connectivity index is 1.53. The number of benzene rings is 1. The first-order chi connectivity index (χ1) is 11.6. The highest BCUT2D eigenvalue weighted by atomic mass is 16.7. The number of fused-ring (bicyclic) bond motifs is 1. The van der Waals surface area contributed by atoms with Gasteiger partial charge in [-0.25, -0.2) is 0 Å². The molecule has 0 unspecified atom stereocenters. The van der Waals surface area contributed by atoms with Crippen LogP contribution in [0.5, 0.6) is 11.5 Å². The van der Waals surface area contributed by atoms with Crippen molar-refractivity contribution < 1.29 is 23.8 Å². The van der Waals surface area contributed by atoms with Crippen LogP contribution in [0.15, 0.2) is 24.3 Å². The zero-order valence-electron chi connectivity index (χ0n) is 13.5. The molecule has 1 aromatic carbocycles. The summed E-state index contributed by atoms with van der Waals surface area (Å²) in [5.74, 6) is 0.944. The summed E-state index contributed by atoms with van der Waals surface area (Å²) in [6.45, 7) is 4.10. The van der Waals surface area contributed by atoms with Crippen LogP contribution in [0.4, 0.5) is 0 Å². The van der Waals surface area contributed by atoms with Gasteiger partial charge in [0.25, 0.3) is 0 Å². The normalized spacial score (nSPS) is 17.8. The number of carbonyl (C=O) groups is 2. The van der Waals surface area contributed by atoms with Crippen LogP contribution in [0, 0.1) is 0 Å². The van der Waals surface area contributed by atoms with Gasteiger partial charge in [0.1, 0.15) is 6.04 Å². The maximum Gasteiger partial charge on any atom is 0.245 e. The van der Waals surface area contributed by atoms with E-state index in [9.17, 15) is 9.59 Å². The predicted molar refractivity (Wildman–Crippen MR) is 86.6 cm³/mol. The molecule has 128 valence electrons. The fourth-order valence-corrected chi connectivity index (χ4v) is 2.57.